The van der Waals surface area contributed by atoms with Gasteiger partial charge in [-0.15, -0.1) is 0 Å². The molecule has 0 radical (unpaired) electrons. The first kappa shape index (κ1) is 29.9. The van der Waals surface area contributed by atoms with Crippen LogP contribution in [0.25, 0.3) is 0 Å². The zero-order chi connectivity index (χ0) is 28.0. The van der Waals surface area contributed by atoms with Crippen molar-refractivity contribution in [1.82, 2.24) is 0 Å². The molecule has 3 aromatic carbocycles. The summed E-state index contributed by atoms with van der Waals surface area (Å²) < 4.78 is 29.8. The predicted octanol–water partition coefficient (Wildman–Crippen LogP) is 5.58. The summed E-state index contributed by atoms with van der Waals surface area (Å²) in [6, 6.07) is 29.4. The first-order chi connectivity index (χ1) is 19.6. The molecule has 3 aromatic rings. The first-order valence-corrected chi connectivity index (χ1v) is 14.1. The minimum Gasteiger partial charge on any atom is -0.461 e. The van der Waals surface area contributed by atoms with Crippen LogP contribution in [0, 0.1) is 0 Å². The Morgan fingerprint density at radius 2 is 1.23 bits per heavy atom. The molecule has 1 N–H and O–H groups in total. The van der Waals surface area contributed by atoms with Crippen molar-refractivity contribution in [3.8, 4) is 0 Å². The minimum absolute atomic E-state index is 0.204. The Bertz CT molecular complexity index is 1110. The van der Waals surface area contributed by atoms with Crippen LogP contribution in [0.1, 0.15) is 49.3 Å². The molecule has 1 fully saturated rings. The Kier molecular flexibility index (Phi) is 12.2. The third-order valence-electron chi connectivity index (χ3n) is 6.87. The van der Waals surface area contributed by atoms with Crippen LogP contribution >= 0.6 is 0 Å². The fraction of sp³-hybridized carbons (Fsp3) is 0.424. The van der Waals surface area contributed by atoms with Crippen molar-refractivity contribution in [3.05, 3.63) is 108 Å². The zero-order valence-corrected chi connectivity index (χ0v) is 23.1. The van der Waals surface area contributed by atoms with Crippen LogP contribution in [-0.4, -0.2) is 48.4 Å². The number of ether oxygens (including phenoxy) is 5. The molecule has 0 saturated carbocycles. The number of esters is 1. The number of unbranched alkanes of at least 4 members (excludes halogenated alkanes) is 2. The van der Waals surface area contributed by atoms with E-state index in [1.54, 1.807) is 0 Å². The summed E-state index contributed by atoms with van der Waals surface area (Å²) >= 11 is 0. The molecule has 0 amide bonds. The number of hydrogen-bond acceptors (Lipinski definition) is 7. The number of rotatable bonds is 15. The van der Waals surface area contributed by atoms with Gasteiger partial charge < -0.3 is 28.8 Å². The van der Waals surface area contributed by atoms with E-state index in [2.05, 4.69) is 0 Å². The Hall–Kier alpha value is -3.07. The highest BCUT2D eigenvalue weighted by Crippen LogP contribution is 2.28. The van der Waals surface area contributed by atoms with Crippen molar-refractivity contribution >= 4 is 5.97 Å². The van der Waals surface area contributed by atoms with Crippen molar-refractivity contribution in [2.75, 3.05) is 6.61 Å². The summed E-state index contributed by atoms with van der Waals surface area (Å²) in [6.07, 6.45) is -0.694. The van der Waals surface area contributed by atoms with Crippen LogP contribution in [0.2, 0.25) is 0 Å². The van der Waals surface area contributed by atoms with E-state index in [9.17, 15) is 9.90 Å². The number of hydrogen-bond donors (Lipinski definition) is 1. The molecule has 0 unspecified atom stereocenters. The summed E-state index contributed by atoms with van der Waals surface area (Å²) in [4.78, 5) is 12.0. The van der Waals surface area contributed by atoms with Crippen LogP contribution in [0.4, 0.5) is 0 Å². The smallest absolute Gasteiger partial charge is 0.306 e. The quantitative estimate of drug-likeness (QED) is 0.196. The maximum atomic E-state index is 12.0. The van der Waals surface area contributed by atoms with Crippen LogP contribution < -0.4 is 0 Å². The average Bonchev–Trinajstić information content (AvgIpc) is 2.99. The molecule has 5 atom stereocenters. The largest absolute Gasteiger partial charge is 0.461 e. The number of aliphatic hydroxyl groups excluding tert-OH is 1. The van der Waals surface area contributed by atoms with E-state index < -0.39 is 24.6 Å². The van der Waals surface area contributed by atoms with Gasteiger partial charge in [-0.25, -0.2) is 0 Å². The highest BCUT2D eigenvalue weighted by atomic mass is 16.7. The molecular weight excluding hydrogens is 508 g/mol. The van der Waals surface area contributed by atoms with Crippen LogP contribution in [0.3, 0.4) is 0 Å². The van der Waals surface area contributed by atoms with Gasteiger partial charge in [0.15, 0.2) is 6.29 Å². The van der Waals surface area contributed by atoms with E-state index in [-0.39, 0.29) is 12.1 Å². The van der Waals surface area contributed by atoms with E-state index in [0.29, 0.717) is 39.3 Å². The second-order valence-corrected chi connectivity index (χ2v) is 10.1. The van der Waals surface area contributed by atoms with Gasteiger partial charge in [0, 0.05) is 13.0 Å². The SMILES string of the molecule is C[C@@H]1O[C@H](OCCCCCC(=O)OCc2ccccc2)[C@H](O)[C@H](OCc2ccccc2)[C@H]1OCc1ccccc1. The molecule has 0 aromatic heterocycles. The van der Waals surface area contributed by atoms with Gasteiger partial charge in [-0.05, 0) is 36.5 Å². The van der Waals surface area contributed by atoms with Crippen molar-refractivity contribution in [2.24, 2.45) is 0 Å². The topological polar surface area (TPSA) is 83.5 Å². The molecule has 0 aliphatic carbocycles. The third-order valence-corrected chi connectivity index (χ3v) is 6.87. The van der Waals surface area contributed by atoms with E-state index in [1.807, 2.05) is 97.9 Å². The van der Waals surface area contributed by atoms with E-state index in [4.69, 9.17) is 23.7 Å². The van der Waals surface area contributed by atoms with E-state index >= 15 is 0 Å². The summed E-state index contributed by atoms with van der Waals surface area (Å²) in [7, 11) is 0. The Morgan fingerprint density at radius 3 is 1.80 bits per heavy atom. The van der Waals surface area contributed by atoms with Crippen LogP contribution in [-0.2, 0) is 48.3 Å². The van der Waals surface area contributed by atoms with Gasteiger partial charge in [-0.2, -0.15) is 0 Å². The fourth-order valence-electron chi connectivity index (χ4n) is 4.64. The lowest BCUT2D eigenvalue weighted by molar-refractivity contribution is -0.309. The van der Waals surface area contributed by atoms with E-state index in [1.165, 1.54) is 0 Å². The lowest BCUT2D eigenvalue weighted by atomic mass is 9.99. The highest BCUT2D eigenvalue weighted by Gasteiger charge is 2.45. The molecule has 40 heavy (non-hydrogen) atoms. The van der Waals surface area contributed by atoms with Crippen LogP contribution in [0.15, 0.2) is 91.0 Å². The normalized spacial score (nSPS) is 22.6. The molecule has 7 nitrogen and oxygen atoms in total. The maximum Gasteiger partial charge on any atom is 0.306 e. The first-order valence-electron chi connectivity index (χ1n) is 14.1. The molecule has 7 heteroatoms. The van der Waals surface area contributed by atoms with Crippen molar-refractivity contribution in [2.45, 2.75) is 83.1 Å². The summed E-state index contributed by atoms with van der Waals surface area (Å²) in [6.45, 7) is 3.33. The summed E-state index contributed by atoms with van der Waals surface area (Å²) in [5, 5.41) is 11.2. The zero-order valence-electron chi connectivity index (χ0n) is 23.1. The standard InChI is InChI=1S/C33H40O7/c1-25-31(38-23-27-16-8-3-9-17-27)32(39-24-28-18-10-4-11-19-28)30(35)33(40-25)36-21-13-5-12-20-29(34)37-22-26-14-6-2-7-15-26/h2-4,6-11,14-19,25,30-33,35H,5,12-13,20-24H2,1H3/t25-,30+,31-,32-,33-/m0/s1. The number of carbonyl (C=O) groups excluding carboxylic acids is 1. The van der Waals surface area contributed by atoms with Gasteiger partial charge in [0.05, 0.1) is 19.3 Å². The van der Waals surface area contributed by atoms with Gasteiger partial charge in [0.25, 0.3) is 0 Å². The van der Waals surface area contributed by atoms with Gasteiger partial charge in [-0.1, -0.05) is 97.4 Å². The van der Waals surface area contributed by atoms with Crippen molar-refractivity contribution < 1.29 is 33.6 Å². The molecule has 0 spiro atoms. The summed E-state index contributed by atoms with van der Waals surface area (Å²) in [5.74, 6) is -0.204. The molecule has 1 heterocycles. The molecule has 1 saturated heterocycles. The molecule has 214 valence electrons. The average molecular weight is 549 g/mol. The Balaban J connectivity index is 1.22. The summed E-state index contributed by atoms with van der Waals surface area (Å²) in [5.41, 5.74) is 3.02. The monoisotopic (exact) mass is 548 g/mol. The number of aliphatic hydroxyl groups is 1. The maximum absolute atomic E-state index is 12.0. The van der Waals surface area contributed by atoms with Crippen molar-refractivity contribution in [1.29, 1.82) is 0 Å². The third kappa shape index (κ3) is 9.54. The second kappa shape index (κ2) is 16.3. The van der Waals surface area contributed by atoms with Gasteiger partial charge >= 0.3 is 5.97 Å². The molecule has 1 aliphatic rings. The molecule has 0 bridgehead atoms. The predicted molar refractivity (Wildman–Crippen MR) is 151 cm³/mol. The van der Waals surface area contributed by atoms with Gasteiger partial charge in [0.1, 0.15) is 24.9 Å². The Morgan fingerprint density at radius 1 is 0.700 bits per heavy atom. The molecular formula is C33H40O7. The molecule has 4 rings (SSSR count). The van der Waals surface area contributed by atoms with Crippen LogP contribution in [0.5, 0.6) is 0 Å². The fourth-order valence-corrected chi connectivity index (χ4v) is 4.64. The van der Waals surface area contributed by atoms with Gasteiger partial charge in [0.2, 0.25) is 0 Å². The second-order valence-electron chi connectivity index (χ2n) is 10.1. The lowest BCUT2D eigenvalue weighted by Gasteiger charge is -2.43. The minimum atomic E-state index is -1.02. The van der Waals surface area contributed by atoms with E-state index in [0.717, 1.165) is 29.5 Å². The lowest BCUT2D eigenvalue weighted by Crippen LogP contribution is -2.59. The number of benzene rings is 3. The van der Waals surface area contributed by atoms with Crippen molar-refractivity contribution in [3.63, 3.8) is 0 Å². The van der Waals surface area contributed by atoms with Gasteiger partial charge in [-0.3, -0.25) is 4.79 Å². The highest BCUT2D eigenvalue weighted by molar-refractivity contribution is 5.69. The Labute approximate surface area is 237 Å². The number of carbonyl (C=O) groups is 1. The molecule has 1 aliphatic heterocycles.